The highest BCUT2D eigenvalue weighted by Crippen LogP contribution is 2.33. The van der Waals surface area contributed by atoms with E-state index in [1.807, 2.05) is 37.3 Å². The molecule has 0 saturated heterocycles. The highest BCUT2D eigenvalue weighted by Gasteiger charge is 2.40. The van der Waals surface area contributed by atoms with Crippen molar-refractivity contribution in [2.24, 2.45) is 10.2 Å². The number of carbonyl (C=O) groups excluding carboxylic acids is 1. The zero-order chi connectivity index (χ0) is 16.4. The molecule has 0 radical (unpaired) electrons. The molecule has 0 spiro atoms. The number of rotatable bonds is 6. The standard InChI is InChI=1S/C19H18N2O2/c1-4-9-19(20-21-19)12-23-18-8-7-16-10-15(13(2)14(3)22)5-6-17(16)11-18/h1,5-8,10-11,13H,9,12H2,2-3H3/t13-/m1/s1. The van der Waals surface area contributed by atoms with Gasteiger partial charge in [0.1, 0.15) is 18.1 Å². The highest BCUT2D eigenvalue weighted by molar-refractivity contribution is 5.88. The lowest BCUT2D eigenvalue weighted by atomic mass is 9.95. The summed E-state index contributed by atoms with van der Waals surface area (Å²) in [6, 6.07) is 11.9. The predicted octanol–water partition coefficient (Wildman–Crippen LogP) is 4.10. The topological polar surface area (TPSA) is 51.0 Å². The zero-order valence-corrected chi connectivity index (χ0v) is 13.2. The minimum atomic E-state index is -0.537. The van der Waals surface area contributed by atoms with Crippen LogP contribution in [0, 0.1) is 12.3 Å². The molecule has 0 unspecified atom stereocenters. The molecule has 1 atom stereocenters. The number of hydrogen-bond acceptors (Lipinski definition) is 4. The summed E-state index contributed by atoms with van der Waals surface area (Å²) in [5.74, 6) is 3.41. The minimum absolute atomic E-state index is 0.0861. The Hall–Kier alpha value is -2.67. The molecular formula is C19H18N2O2. The molecule has 1 aliphatic heterocycles. The van der Waals surface area contributed by atoms with Crippen LogP contribution in [0.1, 0.15) is 31.7 Å². The van der Waals surface area contributed by atoms with Gasteiger partial charge in [-0.05, 0) is 35.4 Å². The number of carbonyl (C=O) groups is 1. The van der Waals surface area contributed by atoms with Crippen molar-refractivity contribution in [3.63, 3.8) is 0 Å². The van der Waals surface area contributed by atoms with E-state index in [0.717, 1.165) is 22.1 Å². The lowest BCUT2D eigenvalue weighted by Crippen LogP contribution is -2.20. The Morgan fingerprint density at radius 2 is 1.96 bits per heavy atom. The summed E-state index contributed by atoms with van der Waals surface area (Å²) < 4.78 is 5.77. The number of benzene rings is 2. The Morgan fingerprint density at radius 1 is 1.26 bits per heavy atom. The fraction of sp³-hybridized carbons (Fsp3) is 0.316. The number of fused-ring (bicyclic) bond motifs is 1. The molecule has 0 saturated carbocycles. The van der Waals surface area contributed by atoms with Gasteiger partial charge in [-0.2, -0.15) is 10.2 Å². The molecule has 3 rings (SSSR count). The molecular weight excluding hydrogens is 288 g/mol. The van der Waals surface area contributed by atoms with Gasteiger partial charge in [-0.15, -0.1) is 12.3 Å². The van der Waals surface area contributed by atoms with Crippen molar-refractivity contribution in [2.45, 2.75) is 31.8 Å². The molecule has 0 bridgehead atoms. The summed E-state index contributed by atoms with van der Waals surface area (Å²) in [7, 11) is 0. The first-order valence-electron chi connectivity index (χ1n) is 7.57. The molecule has 0 aliphatic carbocycles. The molecule has 4 nitrogen and oxygen atoms in total. The quantitative estimate of drug-likeness (QED) is 0.755. The van der Waals surface area contributed by atoms with Crippen LogP contribution >= 0.6 is 0 Å². The van der Waals surface area contributed by atoms with E-state index in [0.29, 0.717) is 13.0 Å². The molecule has 1 aliphatic rings. The Labute approximate surface area is 135 Å². The molecule has 23 heavy (non-hydrogen) atoms. The van der Waals surface area contributed by atoms with Crippen LogP contribution in [0.15, 0.2) is 46.6 Å². The second-order valence-corrected chi connectivity index (χ2v) is 5.95. The maximum Gasteiger partial charge on any atom is 0.235 e. The highest BCUT2D eigenvalue weighted by atomic mass is 16.5. The third kappa shape index (κ3) is 3.24. The van der Waals surface area contributed by atoms with Crippen molar-refractivity contribution < 1.29 is 9.53 Å². The largest absolute Gasteiger partial charge is 0.489 e. The Morgan fingerprint density at radius 3 is 2.61 bits per heavy atom. The molecule has 0 amide bonds. The van der Waals surface area contributed by atoms with E-state index in [1.165, 1.54) is 0 Å². The smallest absolute Gasteiger partial charge is 0.235 e. The number of ether oxygens (including phenoxy) is 1. The Kier molecular flexibility index (Phi) is 3.87. The maximum absolute atomic E-state index is 11.5. The summed E-state index contributed by atoms with van der Waals surface area (Å²) >= 11 is 0. The molecule has 4 heteroatoms. The zero-order valence-electron chi connectivity index (χ0n) is 13.2. The molecule has 116 valence electrons. The molecule has 0 aromatic heterocycles. The fourth-order valence-electron chi connectivity index (χ4n) is 2.45. The van der Waals surface area contributed by atoms with Gasteiger partial charge in [-0.3, -0.25) is 4.79 Å². The average Bonchev–Trinajstić information content (AvgIpc) is 3.32. The second-order valence-electron chi connectivity index (χ2n) is 5.95. The number of nitrogens with zero attached hydrogens (tertiary/aromatic N) is 2. The van der Waals surface area contributed by atoms with Crippen LogP contribution in [0.4, 0.5) is 0 Å². The average molecular weight is 306 g/mol. The minimum Gasteiger partial charge on any atom is -0.489 e. The van der Waals surface area contributed by atoms with Gasteiger partial charge in [0.25, 0.3) is 0 Å². The van der Waals surface area contributed by atoms with Crippen LogP contribution in [0.25, 0.3) is 10.8 Å². The fourth-order valence-corrected chi connectivity index (χ4v) is 2.45. The van der Waals surface area contributed by atoms with Gasteiger partial charge in [0.15, 0.2) is 0 Å². The van der Waals surface area contributed by atoms with Crippen molar-refractivity contribution in [1.29, 1.82) is 0 Å². The van der Waals surface area contributed by atoms with E-state index in [-0.39, 0.29) is 11.7 Å². The van der Waals surface area contributed by atoms with Crippen LogP contribution < -0.4 is 4.74 Å². The van der Waals surface area contributed by atoms with Gasteiger partial charge in [0.2, 0.25) is 5.66 Å². The SMILES string of the molecule is C#CCC1(COc2ccc3cc([C@H](C)C(C)=O)ccc3c2)N=N1. The van der Waals surface area contributed by atoms with Crippen molar-refractivity contribution in [3.05, 3.63) is 42.0 Å². The maximum atomic E-state index is 11.5. The van der Waals surface area contributed by atoms with E-state index in [4.69, 9.17) is 11.2 Å². The van der Waals surface area contributed by atoms with Crippen LogP contribution in [0.5, 0.6) is 5.75 Å². The molecule has 1 heterocycles. The second kappa shape index (κ2) is 5.85. The van der Waals surface area contributed by atoms with Crippen LogP contribution in [-0.2, 0) is 4.79 Å². The third-order valence-corrected chi connectivity index (χ3v) is 4.18. The summed E-state index contributed by atoms with van der Waals surface area (Å²) in [5.41, 5.74) is 0.493. The van der Waals surface area contributed by atoms with Gasteiger partial charge in [-0.1, -0.05) is 31.2 Å². The molecule has 0 N–H and O–H groups in total. The summed E-state index contributed by atoms with van der Waals surface area (Å²) in [4.78, 5) is 11.5. The predicted molar refractivity (Wildman–Crippen MR) is 89.6 cm³/mol. The van der Waals surface area contributed by atoms with Gasteiger partial charge < -0.3 is 4.74 Å². The van der Waals surface area contributed by atoms with E-state index in [1.54, 1.807) is 6.92 Å². The number of hydrogen-bond donors (Lipinski definition) is 0. The van der Waals surface area contributed by atoms with Crippen LogP contribution in [0.3, 0.4) is 0 Å². The first-order valence-corrected chi connectivity index (χ1v) is 7.57. The lowest BCUT2D eigenvalue weighted by Gasteiger charge is -2.12. The normalized spacial score (nSPS) is 15.9. The first-order chi connectivity index (χ1) is 11.0. The number of terminal acetylenes is 1. The summed E-state index contributed by atoms with van der Waals surface area (Å²) in [6.07, 6.45) is 5.77. The van der Waals surface area contributed by atoms with Gasteiger partial charge >= 0.3 is 0 Å². The molecule has 0 fully saturated rings. The van der Waals surface area contributed by atoms with Crippen LogP contribution in [0.2, 0.25) is 0 Å². The monoisotopic (exact) mass is 306 g/mol. The van der Waals surface area contributed by atoms with E-state index < -0.39 is 5.66 Å². The summed E-state index contributed by atoms with van der Waals surface area (Å²) in [5, 5.41) is 10.1. The number of ketones is 1. The Bertz CT molecular complexity index is 827. The third-order valence-electron chi connectivity index (χ3n) is 4.18. The van der Waals surface area contributed by atoms with Gasteiger partial charge in [0.05, 0.1) is 6.42 Å². The van der Waals surface area contributed by atoms with E-state index in [2.05, 4.69) is 22.2 Å². The first kappa shape index (κ1) is 15.2. The van der Waals surface area contributed by atoms with Crippen molar-refractivity contribution in [2.75, 3.05) is 6.61 Å². The van der Waals surface area contributed by atoms with Crippen molar-refractivity contribution in [3.8, 4) is 18.1 Å². The van der Waals surface area contributed by atoms with Gasteiger partial charge in [-0.25, -0.2) is 0 Å². The van der Waals surface area contributed by atoms with E-state index >= 15 is 0 Å². The van der Waals surface area contributed by atoms with Crippen molar-refractivity contribution in [1.82, 2.24) is 0 Å². The van der Waals surface area contributed by atoms with Gasteiger partial charge in [0, 0.05) is 5.92 Å². The number of Topliss-reactive ketones (excluding diaryl/α,β-unsaturated/α-hetero) is 1. The van der Waals surface area contributed by atoms with Crippen LogP contribution in [-0.4, -0.2) is 18.1 Å². The molecule has 2 aromatic rings. The van der Waals surface area contributed by atoms with E-state index in [9.17, 15) is 4.79 Å². The molecule has 2 aromatic carbocycles. The lowest BCUT2D eigenvalue weighted by molar-refractivity contribution is -0.118. The summed E-state index contributed by atoms with van der Waals surface area (Å²) in [6.45, 7) is 3.91. The Balaban J connectivity index is 1.76. The van der Waals surface area contributed by atoms with Crippen molar-refractivity contribution >= 4 is 16.6 Å².